The number of carbonyl (C=O) groups is 3. The minimum Gasteiger partial charge on any atom is -0.479 e. The number of aldehydes is 1. The number of carboxylic acids is 1. The fourth-order valence-corrected chi connectivity index (χ4v) is 20.4. The lowest BCUT2D eigenvalue weighted by Crippen LogP contribution is -2.68. The Labute approximate surface area is 610 Å². The van der Waals surface area contributed by atoms with E-state index in [9.17, 15) is 107 Å². The first-order chi connectivity index (χ1) is 49.8. The molecule has 0 aromatic rings. The molecule has 36 nitrogen and oxygen atoms in total. The van der Waals surface area contributed by atoms with Gasteiger partial charge in [0, 0.05) is 0 Å². The van der Waals surface area contributed by atoms with Gasteiger partial charge in [0.1, 0.15) is 141 Å². The number of esters is 1. The summed E-state index contributed by atoms with van der Waals surface area (Å²) in [5, 5.41) is 206. The van der Waals surface area contributed by atoms with Crippen LogP contribution in [-0.2, 0) is 80.7 Å². The van der Waals surface area contributed by atoms with Crippen molar-refractivity contribution in [3.63, 3.8) is 0 Å². The van der Waals surface area contributed by atoms with Gasteiger partial charge in [0.15, 0.2) is 49.9 Å². The van der Waals surface area contributed by atoms with Gasteiger partial charge in [-0.05, 0) is 117 Å². The summed E-state index contributed by atoms with van der Waals surface area (Å²) in [5.41, 5.74) is -2.13. The lowest BCUT2D eigenvalue weighted by Gasteiger charge is -2.70. The topological polar surface area (TPSA) is 565 Å². The van der Waals surface area contributed by atoms with Gasteiger partial charge in [-0.3, -0.25) is 4.79 Å². The normalized spacial score (nSPS) is 54.7. The van der Waals surface area contributed by atoms with Crippen molar-refractivity contribution >= 4 is 18.2 Å². The predicted octanol–water partition coefficient (Wildman–Crippen LogP) is -6.10. The maximum absolute atomic E-state index is 15.3. The molecule has 7 aliphatic heterocycles. The van der Waals surface area contributed by atoms with Gasteiger partial charge in [-0.15, -0.1) is 0 Å². The molecule has 12 aliphatic rings. The van der Waals surface area contributed by atoms with Crippen molar-refractivity contribution in [3.8, 4) is 0 Å². The molecule has 0 amide bonds. The summed E-state index contributed by atoms with van der Waals surface area (Å²) in [6.07, 6.45) is -53.2. The third-order valence-corrected chi connectivity index (χ3v) is 26.6. The monoisotopic (exact) mass is 1530 g/mol. The van der Waals surface area contributed by atoms with Crippen molar-refractivity contribution in [2.45, 2.75) is 322 Å². The quantitative estimate of drug-likeness (QED) is 0.0263. The molecule has 12 rings (SSSR count). The molecular formula is C70H110O36. The highest BCUT2D eigenvalue weighted by molar-refractivity contribution is 5.74. The van der Waals surface area contributed by atoms with Crippen LogP contribution in [0.3, 0.4) is 0 Å². The minimum atomic E-state index is -2.22. The van der Waals surface area contributed by atoms with Crippen LogP contribution < -0.4 is 0 Å². The molecule has 0 bridgehead atoms. The van der Waals surface area contributed by atoms with Gasteiger partial charge in [-0.1, -0.05) is 53.2 Å². The van der Waals surface area contributed by atoms with E-state index in [0.717, 1.165) is 6.29 Å². The molecule has 7 saturated heterocycles. The van der Waals surface area contributed by atoms with Crippen molar-refractivity contribution in [2.75, 3.05) is 26.4 Å². The molecular weight excluding hydrogens is 1420 g/mol. The first kappa shape index (κ1) is 82.6. The van der Waals surface area contributed by atoms with Crippen molar-refractivity contribution in [3.05, 3.63) is 11.6 Å². The van der Waals surface area contributed by atoms with Crippen LogP contribution in [-0.4, -0.2) is 351 Å². The number of rotatable bonds is 18. The molecule has 11 fully saturated rings. The molecule has 19 N–H and O–H groups in total. The van der Waals surface area contributed by atoms with Gasteiger partial charge >= 0.3 is 11.9 Å². The van der Waals surface area contributed by atoms with E-state index in [-0.39, 0.29) is 24.2 Å². The Balaban J connectivity index is 0.778. The van der Waals surface area contributed by atoms with E-state index < -0.39 is 286 Å². The first-order valence-electron chi connectivity index (χ1n) is 36.9. The molecule has 7 heterocycles. The van der Waals surface area contributed by atoms with Gasteiger partial charge in [-0.2, -0.15) is 0 Å². The summed E-state index contributed by atoms with van der Waals surface area (Å²) in [5.74, 6) is -4.10. The third-order valence-electron chi connectivity index (χ3n) is 26.6. The van der Waals surface area contributed by atoms with Crippen molar-refractivity contribution in [1.29, 1.82) is 0 Å². The molecule has 106 heavy (non-hydrogen) atoms. The van der Waals surface area contributed by atoms with Crippen molar-refractivity contribution in [2.24, 2.45) is 56.7 Å². The zero-order valence-electron chi connectivity index (χ0n) is 60.3. The molecule has 606 valence electrons. The SMILES string of the molecule is C[C@@H]1O[C@@H](O[C@H]2[C@H](OC(=O)[C@@H]3CC(C)(C)C[C@@H]4C5=CC[C@@H]6[C@@]7(C)CC[C@H](O[C@@H]8O[C@H](C(=O)O)[C@@H](O)[C@H](O[C@@H]9O[C@H](CO)[C@H](O)[C@H](O)[C@H]9O)[C@H]8O[C@@H]8OC[C@H](O)[C@H](O)[C@H]8O)[C@@](C)(C=O)[C@H]7CC[C@@]6(C)[C@]5(C)CC[C@H]43)O[C@H](C)[C@H](O)[C@@H]2O)[C@H](O)[C@H](O[C@@H]2O[C@H](CO)[C@@H](O)[C@H](O)[C@H]2O)[C@H]1O[C@@H]1OC[C@@H](O)[C@H](O)[C@H]1O. The second-order valence-electron chi connectivity index (χ2n) is 33.4. The Bertz CT molecular complexity index is 3080. The number of allylic oxidation sites excluding steroid dienone is 2. The number of ether oxygens (including phenoxy) is 14. The largest absolute Gasteiger partial charge is 0.479 e. The summed E-state index contributed by atoms with van der Waals surface area (Å²) in [6, 6.07) is 0. The molecule has 0 spiro atoms. The number of hydrogen-bond donors (Lipinski definition) is 19. The summed E-state index contributed by atoms with van der Waals surface area (Å²) < 4.78 is 84.5. The first-order valence-corrected chi connectivity index (χ1v) is 36.9. The van der Waals surface area contributed by atoms with E-state index in [1.807, 2.05) is 0 Å². The number of hydrogen-bond acceptors (Lipinski definition) is 35. The average molecular weight is 1530 g/mol. The van der Waals surface area contributed by atoms with Gasteiger partial charge in [-0.25, -0.2) is 4.79 Å². The van der Waals surface area contributed by atoms with E-state index in [1.54, 1.807) is 6.92 Å². The molecule has 5 aliphatic carbocycles. The molecule has 0 unspecified atom stereocenters. The van der Waals surface area contributed by atoms with Crippen LogP contribution in [0.1, 0.15) is 113 Å². The van der Waals surface area contributed by atoms with Gasteiger partial charge in [0.25, 0.3) is 0 Å². The molecule has 43 atom stereocenters. The minimum absolute atomic E-state index is 0.0622. The number of aliphatic hydroxyl groups is 18. The van der Waals surface area contributed by atoms with Crippen LogP contribution in [0.5, 0.6) is 0 Å². The predicted molar refractivity (Wildman–Crippen MR) is 347 cm³/mol. The van der Waals surface area contributed by atoms with Crippen LogP contribution in [0.25, 0.3) is 0 Å². The highest BCUT2D eigenvalue weighted by Crippen LogP contribution is 2.75. The number of aliphatic hydroxyl groups excluding tert-OH is 18. The Morgan fingerprint density at radius 2 is 1.01 bits per heavy atom. The number of aliphatic carboxylic acids is 1. The van der Waals surface area contributed by atoms with Crippen LogP contribution in [0, 0.1) is 56.7 Å². The number of carboxylic acid groups (broad SMARTS) is 1. The van der Waals surface area contributed by atoms with Crippen LogP contribution in [0.2, 0.25) is 0 Å². The number of carbonyl (C=O) groups excluding carboxylic acids is 2. The molecule has 4 saturated carbocycles. The van der Waals surface area contributed by atoms with E-state index in [0.29, 0.717) is 51.4 Å². The Morgan fingerprint density at radius 1 is 0.491 bits per heavy atom. The van der Waals surface area contributed by atoms with Gasteiger partial charge < -0.3 is 168 Å². The molecule has 0 aromatic carbocycles. The van der Waals surface area contributed by atoms with Crippen LogP contribution in [0.15, 0.2) is 11.6 Å². The summed E-state index contributed by atoms with van der Waals surface area (Å²) >= 11 is 0. The maximum Gasteiger partial charge on any atom is 0.335 e. The standard InChI is InChI=1S/C70H110O36/c1-24-37(76)44(83)55(104-63-50(89)53(102-62-48(87)43(82)41(80)33(20-72)98-62)51(25(2)96-63)100-59-45(84)38(77)30(74)21-93-59)64(95-24)106-58(92)28-18-66(3,4)17-27-26(28)11-15-69(7)29(27)9-10-35-67(5)14-13-36(68(6,23-73)34(67)12-16-70(35,69)8)99-65-56(105-60-46(85)39(78)31(75)22-94-60)52(49(88)54(103-65)57(90)91)101-61-47(86)42(81)40(79)32(19-71)97-61/h9,23-28,30-56,59-65,71-72,74-89H,10-22H2,1-8H3,(H,90,91)/t24-,25+,26-,27+,28-,30-,31+,32-,33-,34+,35-,36+,37+,38+,39+,40+,41-,42+,43+,44+,45-,46-,47-,48-,49+,50-,51+,52+,53+,54+,55-,56-,59+,60+,61+,62+,63+,64+,65-,67+,68+,69-,70-/m1/s1. The fraction of sp³-hybridized carbons (Fsp3) is 0.929. The van der Waals surface area contributed by atoms with Gasteiger partial charge in [0.05, 0.1) is 56.1 Å². The maximum atomic E-state index is 15.3. The highest BCUT2D eigenvalue weighted by Gasteiger charge is 2.70. The summed E-state index contributed by atoms with van der Waals surface area (Å²) in [6.45, 7) is 12.7. The van der Waals surface area contributed by atoms with E-state index in [4.69, 9.17) is 66.3 Å². The lowest BCUT2D eigenvalue weighted by atomic mass is 9.34. The highest BCUT2D eigenvalue weighted by atomic mass is 16.8. The third kappa shape index (κ3) is 14.5. The van der Waals surface area contributed by atoms with Gasteiger partial charge in [0.2, 0.25) is 6.29 Å². The van der Waals surface area contributed by atoms with Crippen molar-refractivity contribution < 1.29 is 178 Å². The second kappa shape index (κ2) is 31.5. The van der Waals surface area contributed by atoms with Crippen LogP contribution in [0.4, 0.5) is 0 Å². The van der Waals surface area contributed by atoms with Crippen LogP contribution >= 0.6 is 0 Å². The summed E-state index contributed by atoms with van der Waals surface area (Å²) in [7, 11) is 0. The Kier molecular flexibility index (Phi) is 24.5. The Morgan fingerprint density at radius 3 is 1.57 bits per heavy atom. The molecule has 0 aromatic heterocycles. The fourth-order valence-electron chi connectivity index (χ4n) is 20.4. The summed E-state index contributed by atoms with van der Waals surface area (Å²) in [4.78, 5) is 42.5. The molecule has 0 radical (unpaired) electrons. The van der Waals surface area contributed by atoms with E-state index >= 15 is 4.79 Å². The molecule has 36 heteroatoms. The smallest absolute Gasteiger partial charge is 0.335 e. The zero-order chi connectivity index (χ0) is 77.3. The van der Waals surface area contributed by atoms with Crippen molar-refractivity contribution in [1.82, 2.24) is 0 Å². The average Bonchev–Trinajstić information content (AvgIpc) is 0.678. The lowest BCUT2D eigenvalue weighted by molar-refractivity contribution is -0.394. The second-order valence-corrected chi connectivity index (χ2v) is 33.4. The number of fused-ring (bicyclic) bond motifs is 7. The van der Waals surface area contributed by atoms with E-state index in [2.05, 4.69) is 40.7 Å². The zero-order valence-corrected chi connectivity index (χ0v) is 60.3. The van der Waals surface area contributed by atoms with E-state index in [1.165, 1.54) is 19.4 Å². The Hall–Kier alpha value is -2.89.